The van der Waals surface area contributed by atoms with Gasteiger partial charge in [0.1, 0.15) is 0 Å². The fourth-order valence-electron chi connectivity index (χ4n) is 1.81. The molecular formula is C15H13ClO2. The number of hydrogen-bond acceptors (Lipinski definition) is 1. The highest BCUT2D eigenvalue weighted by molar-refractivity contribution is 6.31. The second-order valence-corrected chi connectivity index (χ2v) is 4.64. The maximum absolute atomic E-state index is 10.7. The summed E-state index contributed by atoms with van der Waals surface area (Å²) in [6, 6.07) is 13.4. The third-order valence-corrected chi connectivity index (χ3v) is 3.19. The lowest BCUT2D eigenvalue weighted by Crippen LogP contribution is -1.99. The van der Waals surface area contributed by atoms with E-state index in [4.69, 9.17) is 16.7 Å². The SMILES string of the molecule is Cc1ccc(-c2cccc(CC(=O)O)c2)cc1Cl. The van der Waals surface area contributed by atoms with E-state index in [-0.39, 0.29) is 6.42 Å². The van der Waals surface area contributed by atoms with Crippen molar-refractivity contribution in [3.8, 4) is 11.1 Å². The molecule has 0 aromatic heterocycles. The van der Waals surface area contributed by atoms with E-state index >= 15 is 0 Å². The van der Waals surface area contributed by atoms with Gasteiger partial charge in [-0.1, -0.05) is 48.0 Å². The Morgan fingerprint density at radius 2 is 1.89 bits per heavy atom. The van der Waals surface area contributed by atoms with E-state index in [1.165, 1.54) is 0 Å². The predicted octanol–water partition coefficient (Wildman–Crippen LogP) is 3.94. The summed E-state index contributed by atoms with van der Waals surface area (Å²) in [5.41, 5.74) is 3.80. The van der Waals surface area contributed by atoms with Crippen molar-refractivity contribution in [2.45, 2.75) is 13.3 Å². The lowest BCUT2D eigenvalue weighted by Gasteiger charge is -2.06. The molecule has 0 saturated heterocycles. The maximum atomic E-state index is 10.7. The van der Waals surface area contributed by atoms with Crippen LogP contribution in [0.15, 0.2) is 42.5 Å². The smallest absolute Gasteiger partial charge is 0.307 e. The third kappa shape index (κ3) is 2.90. The fourth-order valence-corrected chi connectivity index (χ4v) is 1.99. The Bertz CT molecular complexity index is 591. The van der Waals surface area contributed by atoms with E-state index in [9.17, 15) is 4.79 Å². The van der Waals surface area contributed by atoms with Crippen LogP contribution in [0, 0.1) is 6.92 Å². The van der Waals surface area contributed by atoms with Crippen LogP contribution in [0.2, 0.25) is 5.02 Å². The Morgan fingerprint density at radius 3 is 2.56 bits per heavy atom. The Balaban J connectivity index is 2.38. The maximum Gasteiger partial charge on any atom is 0.307 e. The highest BCUT2D eigenvalue weighted by Crippen LogP contribution is 2.26. The van der Waals surface area contributed by atoms with Gasteiger partial charge in [0.15, 0.2) is 0 Å². The zero-order chi connectivity index (χ0) is 13.1. The van der Waals surface area contributed by atoms with Gasteiger partial charge in [-0.2, -0.15) is 0 Å². The highest BCUT2D eigenvalue weighted by atomic mass is 35.5. The van der Waals surface area contributed by atoms with Crippen LogP contribution >= 0.6 is 11.6 Å². The molecule has 0 aliphatic carbocycles. The molecule has 0 aliphatic rings. The van der Waals surface area contributed by atoms with E-state index in [2.05, 4.69) is 0 Å². The standard InChI is InChI=1S/C15H13ClO2/c1-10-5-6-13(9-14(10)16)12-4-2-3-11(7-12)8-15(17)18/h2-7,9H,8H2,1H3,(H,17,18). The van der Waals surface area contributed by atoms with E-state index in [0.29, 0.717) is 0 Å². The van der Waals surface area contributed by atoms with Crippen LogP contribution in [-0.2, 0) is 11.2 Å². The van der Waals surface area contributed by atoms with Gasteiger partial charge in [0.2, 0.25) is 0 Å². The number of rotatable bonds is 3. The Kier molecular flexibility index (Phi) is 3.68. The second kappa shape index (κ2) is 5.23. The number of carbonyl (C=O) groups is 1. The van der Waals surface area contributed by atoms with Crippen LogP contribution in [0.4, 0.5) is 0 Å². The molecule has 0 amide bonds. The first-order valence-electron chi connectivity index (χ1n) is 5.63. The van der Waals surface area contributed by atoms with Gasteiger partial charge < -0.3 is 5.11 Å². The molecular weight excluding hydrogens is 248 g/mol. The van der Waals surface area contributed by atoms with E-state index in [0.717, 1.165) is 27.3 Å². The molecule has 0 saturated carbocycles. The van der Waals surface area contributed by atoms with Gasteiger partial charge in [0.05, 0.1) is 6.42 Å². The predicted molar refractivity (Wildman–Crippen MR) is 73.0 cm³/mol. The van der Waals surface area contributed by atoms with Crippen LogP contribution in [0.25, 0.3) is 11.1 Å². The summed E-state index contributed by atoms with van der Waals surface area (Å²) in [5, 5.41) is 9.51. The Hall–Kier alpha value is -1.80. The molecule has 0 fully saturated rings. The third-order valence-electron chi connectivity index (χ3n) is 2.79. The van der Waals surface area contributed by atoms with E-state index in [1.54, 1.807) is 0 Å². The quantitative estimate of drug-likeness (QED) is 0.908. The van der Waals surface area contributed by atoms with Crippen LogP contribution in [0.1, 0.15) is 11.1 Å². The average Bonchev–Trinajstić information content (AvgIpc) is 2.32. The molecule has 0 atom stereocenters. The average molecular weight is 261 g/mol. The molecule has 3 heteroatoms. The summed E-state index contributed by atoms with van der Waals surface area (Å²) in [7, 11) is 0. The second-order valence-electron chi connectivity index (χ2n) is 4.23. The number of carboxylic acids is 1. The molecule has 0 heterocycles. The lowest BCUT2D eigenvalue weighted by atomic mass is 10.0. The summed E-state index contributed by atoms with van der Waals surface area (Å²) in [4.78, 5) is 10.7. The topological polar surface area (TPSA) is 37.3 Å². The van der Waals surface area contributed by atoms with Crippen molar-refractivity contribution in [2.24, 2.45) is 0 Å². The van der Waals surface area contributed by atoms with E-state index in [1.807, 2.05) is 49.4 Å². The van der Waals surface area contributed by atoms with Gasteiger partial charge in [0.25, 0.3) is 0 Å². The summed E-state index contributed by atoms with van der Waals surface area (Å²) in [5.74, 6) is -0.825. The number of halogens is 1. The summed E-state index contributed by atoms with van der Waals surface area (Å²) in [6.45, 7) is 1.95. The summed E-state index contributed by atoms with van der Waals surface area (Å²) in [6.07, 6.45) is 0.0352. The van der Waals surface area contributed by atoms with Crippen molar-refractivity contribution in [3.05, 3.63) is 58.6 Å². The molecule has 1 N–H and O–H groups in total. The van der Waals surface area contributed by atoms with Gasteiger partial charge >= 0.3 is 5.97 Å². The molecule has 0 aliphatic heterocycles. The first-order chi connectivity index (χ1) is 8.56. The minimum atomic E-state index is -0.825. The molecule has 0 unspecified atom stereocenters. The van der Waals surface area contributed by atoms with Crippen molar-refractivity contribution < 1.29 is 9.90 Å². The zero-order valence-electron chi connectivity index (χ0n) is 9.98. The summed E-state index contributed by atoms with van der Waals surface area (Å²) >= 11 is 6.09. The fraction of sp³-hybridized carbons (Fsp3) is 0.133. The van der Waals surface area contributed by atoms with Gasteiger partial charge in [0, 0.05) is 5.02 Å². The first kappa shape index (κ1) is 12.7. The molecule has 18 heavy (non-hydrogen) atoms. The van der Waals surface area contributed by atoms with Gasteiger partial charge in [-0.3, -0.25) is 4.79 Å². The van der Waals surface area contributed by atoms with Gasteiger partial charge in [-0.15, -0.1) is 0 Å². The van der Waals surface area contributed by atoms with Crippen molar-refractivity contribution in [3.63, 3.8) is 0 Å². The Morgan fingerprint density at radius 1 is 1.17 bits per heavy atom. The van der Waals surface area contributed by atoms with Crippen molar-refractivity contribution in [1.82, 2.24) is 0 Å². The van der Waals surface area contributed by atoms with Crippen LogP contribution < -0.4 is 0 Å². The number of aliphatic carboxylic acids is 1. The van der Waals surface area contributed by atoms with Gasteiger partial charge in [-0.05, 0) is 35.2 Å². The largest absolute Gasteiger partial charge is 0.481 e. The number of aryl methyl sites for hydroxylation is 1. The van der Waals surface area contributed by atoms with Crippen LogP contribution in [-0.4, -0.2) is 11.1 Å². The minimum Gasteiger partial charge on any atom is -0.481 e. The number of benzene rings is 2. The number of carboxylic acid groups (broad SMARTS) is 1. The normalized spacial score (nSPS) is 10.3. The van der Waals surface area contributed by atoms with Gasteiger partial charge in [-0.25, -0.2) is 0 Å². The molecule has 92 valence electrons. The molecule has 2 aromatic rings. The molecule has 2 rings (SSSR count). The lowest BCUT2D eigenvalue weighted by molar-refractivity contribution is -0.136. The van der Waals surface area contributed by atoms with Crippen molar-refractivity contribution >= 4 is 17.6 Å². The minimum absolute atomic E-state index is 0.0352. The van der Waals surface area contributed by atoms with E-state index < -0.39 is 5.97 Å². The molecule has 2 aromatic carbocycles. The van der Waals surface area contributed by atoms with Crippen LogP contribution in [0.3, 0.4) is 0 Å². The zero-order valence-corrected chi connectivity index (χ0v) is 10.7. The number of hydrogen-bond donors (Lipinski definition) is 1. The highest BCUT2D eigenvalue weighted by Gasteiger charge is 2.04. The monoisotopic (exact) mass is 260 g/mol. The first-order valence-corrected chi connectivity index (χ1v) is 6.01. The molecule has 0 radical (unpaired) electrons. The van der Waals surface area contributed by atoms with Crippen molar-refractivity contribution in [2.75, 3.05) is 0 Å². The van der Waals surface area contributed by atoms with Crippen molar-refractivity contribution in [1.29, 1.82) is 0 Å². The molecule has 2 nitrogen and oxygen atoms in total. The van der Waals surface area contributed by atoms with Crippen LogP contribution in [0.5, 0.6) is 0 Å². The summed E-state index contributed by atoms with van der Waals surface area (Å²) < 4.78 is 0. The Labute approximate surface area is 111 Å². The molecule has 0 spiro atoms. The molecule has 0 bridgehead atoms.